The summed E-state index contributed by atoms with van der Waals surface area (Å²) in [6.07, 6.45) is 5.29. The minimum atomic E-state index is 1.03. The Morgan fingerprint density at radius 1 is 1.20 bits per heavy atom. The molecule has 0 atom stereocenters. The second-order valence-corrected chi connectivity index (χ2v) is 3.51. The highest BCUT2D eigenvalue weighted by Crippen LogP contribution is 2.18. The Labute approximate surface area is 86.8 Å². The van der Waals surface area contributed by atoms with Gasteiger partial charge in [0, 0.05) is 24.1 Å². The molecule has 0 saturated carbocycles. The van der Waals surface area contributed by atoms with Gasteiger partial charge in [0.25, 0.3) is 0 Å². The fourth-order valence-corrected chi connectivity index (χ4v) is 1.75. The summed E-state index contributed by atoms with van der Waals surface area (Å²) in [4.78, 5) is 3.93. The van der Waals surface area contributed by atoms with Crippen LogP contribution >= 0.6 is 0 Å². The molecule has 0 spiro atoms. The third-order valence-electron chi connectivity index (χ3n) is 2.55. The zero-order chi connectivity index (χ0) is 10.3. The smallest absolute Gasteiger partial charge is 0.138 e. The quantitative estimate of drug-likeness (QED) is 0.597. The van der Waals surface area contributed by atoms with E-state index in [1.54, 1.807) is 11.0 Å². The van der Waals surface area contributed by atoms with E-state index in [4.69, 9.17) is 0 Å². The Balaban J connectivity index is 2.23. The van der Waals surface area contributed by atoms with E-state index in [0.29, 0.717) is 0 Å². The van der Waals surface area contributed by atoms with Crippen LogP contribution in [0.1, 0.15) is 0 Å². The maximum atomic E-state index is 4.10. The highest BCUT2D eigenvalue weighted by atomic mass is 15.3. The second kappa shape index (κ2) is 2.95. The number of aromatic nitrogens is 4. The van der Waals surface area contributed by atoms with Gasteiger partial charge < -0.3 is 4.57 Å². The Hall–Kier alpha value is -2.10. The summed E-state index contributed by atoms with van der Waals surface area (Å²) < 4.78 is 3.85. The molecule has 0 aliphatic rings. The third kappa shape index (κ3) is 1.22. The molecule has 1 aromatic carbocycles. The lowest BCUT2D eigenvalue weighted by Gasteiger charge is -2.01. The highest BCUT2D eigenvalue weighted by Gasteiger charge is 2.01. The molecule has 74 valence electrons. The van der Waals surface area contributed by atoms with Crippen molar-refractivity contribution >= 4 is 10.9 Å². The first kappa shape index (κ1) is 8.23. The summed E-state index contributed by atoms with van der Waals surface area (Å²) in [5.74, 6) is 0. The summed E-state index contributed by atoms with van der Waals surface area (Å²) in [6.45, 7) is 0. The van der Waals surface area contributed by atoms with Gasteiger partial charge in [0.15, 0.2) is 0 Å². The molecule has 0 N–H and O–H groups in total. The van der Waals surface area contributed by atoms with Gasteiger partial charge in [0.1, 0.15) is 12.7 Å². The van der Waals surface area contributed by atoms with E-state index < -0.39 is 0 Å². The van der Waals surface area contributed by atoms with E-state index in [2.05, 4.69) is 39.0 Å². The Morgan fingerprint density at radius 2 is 2.13 bits per heavy atom. The van der Waals surface area contributed by atoms with Crippen LogP contribution in [0, 0.1) is 0 Å². The number of aryl methyl sites for hydroxylation is 1. The number of rotatable bonds is 1. The van der Waals surface area contributed by atoms with Crippen LogP contribution in [0.4, 0.5) is 0 Å². The molecule has 0 bridgehead atoms. The molecule has 0 fully saturated rings. The summed E-state index contributed by atoms with van der Waals surface area (Å²) >= 11 is 0. The van der Waals surface area contributed by atoms with E-state index in [1.807, 2.05) is 13.1 Å². The monoisotopic (exact) mass is 198 g/mol. The molecule has 0 unspecified atom stereocenters. The van der Waals surface area contributed by atoms with Crippen LogP contribution in [0.15, 0.2) is 43.1 Å². The van der Waals surface area contributed by atoms with Gasteiger partial charge in [-0.2, -0.15) is 5.10 Å². The van der Waals surface area contributed by atoms with E-state index >= 15 is 0 Å². The minimum Gasteiger partial charge on any atom is -0.351 e. The second-order valence-electron chi connectivity index (χ2n) is 3.51. The summed E-state index contributed by atoms with van der Waals surface area (Å²) in [5.41, 5.74) is 2.25. The molecule has 3 aromatic rings. The molecular formula is C11H10N4. The van der Waals surface area contributed by atoms with Crippen molar-refractivity contribution in [3.8, 4) is 5.69 Å². The first-order valence-corrected chi connectivity index (χ1v) is 4.75. The van der Waals surface area contributed by atoms with Crippen LogP contribution < -0.4 is 0 Å². The Kier molecular flexibility index (Phi) is 1.62. The van der Waals surface area contributed by atoms with Gasteiger partial charge in [-0.25, -0.2) is 9.67 Å². The average Bonchev–Trinajstić information content (AvgIpc) is 2.88. The van der Waals surface area contributed by atoms with Crippen LogP contribution in [-0.4, -0.2) is 19.3 Å². The number of hydrogen-bond acceptors (Lipinski definition) is 2. The lowest BCUT2D eigenvalue weighted by molar-refractivity contribution is 0.880. The number of fused-ring (bicyclic) bond motifs is 1. The molecule has 0 aliphatic carbocycles. The van der Waals surface area contributed by atoms with Crippen molar-refractivity contribution in [1.29, 1.82) is 0 Å². The zero-order valence-electron chi connectivity index (χ0n) is 8.33. The van der Waals surface area contributed by atoms with Gasteiger partial charge in [0.2, 0.25) is 0 Å². The van der Waals surface area contributed by atoms with Crippen molar-refractivity contribution in [3.63, 3.8) is 0 Å². The van der Waals surface area contributed by atoms with Crippen molar-refractivity contribution in [2.45, 2.75) is 0 Å². The van der Waals surface area contributed by atoms with Crippen molar-refractivity contribution in [1.82, 2.24) is 19.3 Å². The lowest BCUT2D eigenvalue weighted by atomic mass is 10.2. The van der Waals surface area contributed by atoms with E-state index in [1.165, 1.54) is 17.2 Å². The van der Waals surface area contributed by atoms with Crippen LogP contribution in [0.5, 0.6) is 0 Å². The summed E-state index contributed by atoms with van der Waals surface area (Å²) in [5, 5.41) is 5.31. The van der Waals surface area contributed by atoms with Gasteiger partial charge in [-0.05, 0) is 24.3 Å². The van der Waals surface area contributed by atoms with Crippen LogP contribution in [0.2, 0.25) is 0 Å². The zero-order valence-corrected chi connectivity index (χ0v) is 8.33. The molecule has 4 heteroatoms. The lowest BCUT2D eigenvalue weighted by Crippen LogP contribution is -1.93. The predicted molar refractivity (Wildman–Crippen MR) is 57.8 cm³/mol. The Morgan fingerprint density at radius 3 is 2.93 bits per heavy atom. The fourth-order valence-electron chi connectivity index (χ4n) is 1.75. The van der Waals surface area contributed by atoms with Crippen molar-refractivity contribution in [2.24, 2.45) is 7.05 Å². The number of hydrogen-bond donors (Lipinski definition) is 0. The van der Waals surface area contributed by atoms with Crippen LogP contribution in [-0.2, 0) is 7.05 Å². The maximum absolute atomic E-state index is 4.10. The molecule has 0 radical (unpaired) electrons. The summed E-state index contributed by atoms with van der Waals surface area (Å²) in [6, 6.07) is 8.32. The van der Waals surface area contributed by atoms with Gasteiger partial charge in [0.05, 0.1) is 5.69 Å². The first-order valence-electron chi connectivity index (χ1n) is 4.75. The molecule has 0 amide bonds. The summed E-state index contributed by atoms with van der Waals surface area (Å²) in [7, 11) is 2.04. The number of benzene rings is 1. The molecule has 4 nitrogen and oxygen atoms in total. The van der Waals surface area contributed by atoms with Gasteiger partial charge >= 0.3 is 0 Å². The van der Waals surface area contributed by atoms with E-state index in [0.717, 1.165) is 5.69 Å². The van der Waals surface area contributed by atoms with Gasteiger partial charge in [-0.15, -0.1) is 0 Å². The average molecular weight is 198 g/mol. The SMILES string of the molecule is Cn1ccc2cc(-n3cncn3)ccc21. The first-order chi connectivity index (χ1) is 7.34. The molecule has 2 aromatic heterocycles. The molecule has 2 heterocycles. The standard InChI is InChI=1S/C11H10N4/c1-14-5-4-9-6-10(2-3-11(9)14)15-8-12-7-13-15/h2-8H,1H3. The van der Waals surface area contributed by atoms with Gasteiger partial charge in [-0.3, -0.25) is 0 Å². The molecule has 15 heavy (non-hydrogen) atoms. The van der Waals surface area contributed by atoms with E-state index in [9.17, 15) is 0 Å². The maximum Gasteiger partial charge on any atom is 0.138 e. The fraction of sp³-hybridized carbons (Fsp3) is 0.0909. The highest BCUT2D eigenvalue weighted by molar-refractivity contribution is 5.82. The van der Waals surface area contributed by atoms with Crippen molar-refractivity contribution in [3.05, 3.63) is 43.1 Å². The topological polar surface area (TPSA) is 35.6 Å². The van der Waals surface area contributed by atoms with E-state index in [-0.39, 0.29) is 0 Å². The minimum absolute atomic E-state index is 1.03. The third-order valence-corrected chi connectivity index (χ3v) is 2.55. The Bertz CT molecular complexity index is 592. The largest absolute Gasteiger partial charge is 0.351 e. The molecule has 0 aliphatic heterocycles. The van der Waals surface area contributed by atoms with Crippen LogP contribution in [0.3, 0.4) is 0 Å². The number of nitrogens with zero attached hydrogens (tertiary/aromatic N) is 4. The van der Waals surface area contributed by atoms with Gasteiger partial charge in [-0.1, -0.05) is 0 Å². The normalized spacial score (nSPS) is 11.0. The predicted octanol–water partition coefficient (Wildman–Crippen LogP) is 1.76. The van der Waals surface area contributed by atoms with Crippen molar-refractivity contribution in [2.75, 3.05) is 0 Å². The molecular weight excluding hydrogens is 188 g/mol. The molecule has 0 saturated heterocycles. The molecule has 3 rings (SSSR count). The van der Waals surface area contributed by atoms with Crippen LogP contribution in [0.25, 0.3) is 16.6 Å². The van der Waals surface area contributed by atoms with Crippen molar-refractivity contribution < 1.29 is 0 Å².